The summed E-state index contributed by atoms with van der Waals surface area (Å²) in [5.41, 5.74) is 0.942. The summed E-state index contributed by atoms with van der Waals surface area (Å²) in [5, 5.41) is 10.9. The average Bonchev–Trinajstić information content (AvgIpc) is 2.93. The third-order valence-electron chi connectivity index (χ3n) is 3.56. The van der Waals surface area contributed by atoms with Crippen LogP contribution in [0.2, 0.25) is 0 Å². The number of H-pyrrole nitrogens is 1. The van der Waals surface area contributed by atoms with Crippen LogP contribution in [0.15, 0.2) is 23.0 Å². The molecule has 0 aliphatic rings. The molecule has 0 saturated carbocycles. The predicted molar refractivity (Wildman–Crippen MR) is 85.8 cm³/mol. The van der Waals surface area contributed by atoms with Gasteiger partial charge in [-0.25, -0.2) is 5.10 Å². The average molecular weight is 333 g/mol. The molecule has 120 valence electrons. The van der Waals surface area contributed by atoms with Crippen LogP contribution in [0.25, 0.3) is 5.78 Å². The SMILES string of the molecule is COc1ccc(Cc2nn3c(=S)[nH]nc3n(C)c2=O)c(OC)c1. The minimum atomic E-state index is -0.232. The molecule has 0 aliphatic carbocycles. The maximum atomic E-state index is 12.5. The molecule has 0 fully saturated rings. The molecule has 3 aromatic rings. The summed E-state index contributed by atoms with van der Waals surface area (Å²) < 4.78 is 13.7. The molecular formula is C14H15N5O3S. The van der Waals surface area contributed by atoms with Gasteiger partial charge in [-0.05, 0) is 18.3 Å². The lowest BCUT2D eigenvalue weighted by Crippen LogP contribution is -2.26. The fraction of sp³-hybridized carbons (Fsp3) is 0.286. The van der Waals surface area contributed by atoms with Crippen molar-refractivity contribution < 1.29 is 9.47 Å². The van der Waals surface area contributed by atoms with E-state index in [1.165, 1.54) is 9.08 Å². The first-order valence-corrected chi connectivity index (χ1v) is 7.20. The van der Waals surface area contributed by atoms with E-state index >= 15 is 0 Å². The molecule has 1 aromatic carbocycles. The van der Waals surface area contributed by atoms with E-state index in [0.717, 1.165) is 5.56 Å². The van der Waals surface area contributed by atoms with E-state index in [1.54, 1.807) is 27.3 Å². The molecule has 3 rings (SSSR count). The number of fused-ring (bicyclic) bond motifs is 1. The zero-order valence-electron chi connectivity index (χ0n) is 12.9. The van der Waals surface area contributed by atoms with Crippen molar-refractivity contribution in [3.63, 3.8) is 0 Å². The van der Waals surface area contributed by atoms with E-state index in [2.05, 4.69) is 15.3 Å². The Bertz CT molecular complexity index is 988. The second kappa shape index (κ2) is 5.84. The molecule has 0 atom stereocenters. The van der Waals surface area contributed by atoms with Crippen LogP contribution in [0.3, 0.4) is 0 Å². The number of aromatic amines is 1. The van der Waals surface area contributed by atoms with Gasteiger partial charge in [0.25, 0.3) is 11.3 Å². The molecular weight excluding hydrogens is 318 g/mol. The Kier molecular flexibility index (Phi) is 3.87. The number of rotatable bonds is 4. The van der Waals surface area contributed by atoms with Crippen molar-refractivity contribution >= 4 is 18.0 Å². The van der Waals surface area contributed by atoms with Gasteiger partial charge in [-0.1, -0.05) is 6.07 Å². The highest BCUT2D eigenvalue weighted by molar-refractivity contribution is 7.71. The van der Waals surface area contributed by atoms with Crippen LogP contribution in [-0.2, 0) is 13.5 Å². The normalized spacial score (nSPS) is 10.9. The van der Waals surface area contributed by atoms with Crippen molar-refractivity contribution in [1.82, 2.24) is 24.4 Å². The molecule has 2 heterocycles. The molecule has 0 unspecified atom stereocenters. The van der Waals surface area contributed by atoms with Gasteiger partial charge in [0.15, 0.2) is 0 Å². The van der Waals surface area contributed by atoms with Crippen molar-refractivity contribution in [1.29, 1.82) is 0 Å². The number of nitrogens with one attached hydrogen (secondary N) is 1. The van der Waals surface area contributed by atoms with E-state index < -0.39 is 0 Å². The summed E-state index contributed by atoms with van der Waals surface area (Å²) in [4.78, 5) is 12.5. The van der Waals surface area contributed by atoms with Crippen molar-refractivity contribution in [3.8, 4) is 11.5 Å². The first kappa shape index (κ1) is 15.2. The molecule has 0 saturated heterocycles. The third kappa shape index (κ3) is 2.59. The maximum absolute atomic E-state index is 12.5. The van der Waals surface area contributed by atoms with Gasteiger partial charge < -0.3 is 9.47 Å². The minimum Gasteiger partial charge on any atom is -0.497 e. The highest BCUT2D eigenvalue weighted by Crippen LogP contribution is 2.25. The van der Waals surface area contributed by atoms with Gasteiger partial charge in [-0.3, -0.25) is 9.36 Å². The molecule has 8 nitrogen and oxygen atoms in total. The van der Waals surface area contributed by atoms with Crippen LogP contribution in [0.5, 0.6) is 11.5 Å². The first-order chi connectivity index (χ1) is 11.0. The number of hydrogen-bond acceptors (Lipinski definition) is 6. The molecule has 0 aliphatic heterocycles. The van der Waals surface area contributed by atoms with E-state index in [4.69, 9.17) is 21.7 Å². The van der Waals surface area contributed by atoms with Gasteiger partial charge in [0.1, 0.15) is 17.2 Å². The second-order valence-corrected chi connectivity index (χ2v) is 5.29. The number of aromatic nitrogens is 5. The Morgan fingerprint density at radius 1 is 1.30 bits per heavy atom. The monoisotopic (exact) mass is 333 g/mol. The molecule has 9 heteroatoms. The number of methoxy groups -OCH3 is 2. The largest absolute Gasteiger partial charge is 0.497 e. The number of benzene rings is 1. The van der Waals surface area contributed by atoms with Crippen molar-refractivity contribution in [2.75, 3.05) is 14.2 Å². The standard InChI is InChI=1S/C14H15N5O3S/c1-18-12(20)10(17-19-13(18)15-16-14(19)23)6-8-4-5-9(21-2)7-11(8)22-3/h4-5,7H,6H2,1-3H3,(H,16,23). The van der Waals surface area contributed by atoms with E-state index in [9.17, 15) is 4.79 Å². The lowest BCUT2D eigenvalue weighted by molar-refractivity contribution is 0.391. The zero-order valence-corrected chi connectivity index (χ0v) is 13.7. The van der Waals surface area contributed by atoms with Crippen LogP contribution in [0.4, 0.5) is 0 Å². The van der Waals surface area contributed by atoms with Gasteiger partial charge in [-0.2, -0.15) is 9.61 Å². The van der Waals surface area contributed by atoms with Crippen LogP contribution in [-0.4, -0.2) is 38.6 Å². The van der Waals surface area contributed by atoms with E-state index in [1.807, 2.05) is 12.1 Å². The topological polar surface area (TPSA) is 86.4 Å². The van der Waals surface area contributed by atoms with Crippen molar-refractivity contribution in [2.24, 2.45) is 7.05 Å². The fourth-order valence-electron chi connectivity index (χ4n) is 2.33. The van der Waals surface area contributed by atoms with Gasteiger partial charge in [-0.15, -0.1) is 5.10 Å². The Morgan fingerprint density at radius 2 is 2.09 bits per heavy atom. The molecule has 0 bridgehead atoms. The third-order valence-corrected chi connectivity index (χ3v) is 3.82. The number of aryl methyl sites for hydroxylation is 1. The summed E-state index contributed by atoms with van der Waals surface area (Å²) >= 11 is 5.12. The predicted octanol–water partition coefficient (Wildman–Crippen LogP) is 1.09. The molecule has 1 N–H and O–H groups in total. The van der Waals surface area contributed by atoms with Gasteiger partial charge in [0, 0.05) is 25.1 Å². The first-order valence-electron chi connectivity index (χ1n) is 6.79. The lowest BCUT2D eigenvalue weighted by atomic mass is 10.1. The quantitative estimate of drug-likeness (QED) is 0.720. The fourth-order valence-corrected chi connectivity index (χ4v) is 2.50. The van der Waals surface area contributed by atoms with Gasteiger partial charge in [0.05, 0.1) is 14.2 Å². The zero-order chi connectivity index (χ0) is 16.6. The van der Waals surface area contributed by atoms with Gasteiger partial charge in [0.2, 0.25) is 4.77 Å². The maximum Gasteiger partial charge on any atom is 0.276 e. The minimum absolute atomic E-state index is 0.232. The Hall–Kier alpha value is -2.68. The van der Waals surface area contributed by atoms with Gasteiger partial charge >= 0.3 is 0 Å². The number of ether oxygens (including phenoxy) is 2. The van der Waals surface area contributed by atoms with Crippen molar-refractivity contribution in [3.05, 3.63) is 44.6 Å². The smallest absolute Gasteiger partial charge is 0.276 e. The Balaban J connectivity index is 2.12. The summed E-state index contributed by atoms with van der Waals surface area (Å²) in [6.45, 7) is 0. The highest BCUT2D eigenvalue weighted by Gasteiger charge is 2.14. The molecule has 0 radical (unpaired) electrons. The van der Waals surface area contributed by atoms with E-state index in [-0.39, 0.29) is 5.56 Å². The summed E-state index contributed by atoms with van der Waals surface area (Å²) in [5.74, 6) is 1.67. The molecule has 2 aromatic heterocycles. The van der Waals surface area contributed by atoms with Crippen LogP contribution < -0.4 is 15.0 Å². The summed E-state index contributed by atoms with van der Waals surface area (Å²) in [6.07, 6.45) is 0.308. The molecule has 0 amide bonds. The number of hydrogen-bond donors (Lipinski definition) is 1. The van der Waals surface area contributed by atoms with Crippen LogP contribution >= 0.6 is 12.2 Å². The Labute approximate surface area is 136 Å². The second-order valence-electron chi connectivity index (χ2n) is 4.91. The van der Waals surface area contributed by atoms with Crippen LogP contribution in [0.1, 0.15) is 11.3 Å². The van der Waals surface area contributed by atoms with Crippen molar-refractivity contribution in [2.45, 2.75) is 6.42 Å². The number of nitrogens with zero attached hydrogens (tertiary/aromatic N) is 4. The Morgan fingerprint density at radius 3 is 2.78 bits per heavy atom. The summed E-state index contributed by atoms with van der Waals surface area (Å²) in [6, 6.07) is 5.42. The summed E-state index contributed by atoms with van der Waals surface area (Å²) in [7, 11) is 4.78. The highest BCUT2D eigenvalue weighted by atomic mass is 32.1. The lowest BCUT2D eigenvalue weighted by Gasteiger charge is -2.10. The molecule has 0 spiro atoms. The van der Waals surface area contributed by atoms with Crippen LogP contribution in [0, 0.1) is 4.77 Å². The molecule has 23 heavy (non-hydrogen) atoms. The van der Waals surface area contributed by atoms with E-state index in [0.29, 0.717) is 34.2 Å².